The molecular formula is C13H12INO3S2. The molecule has 7 heteroatoms. The molecule has 0 aromatic heterocycles. The molecule has 0 aliphatic carbocycles. The van der Waals surface area contributed by atoms with Gasteiger partial charge in [-0.2, -0.15) is 0 Å². The highest BCUT2D eigenvalue weighted by molar-refractivity contribution is 14.1. The number of carbonyl (C=O) groups is 1. The van der Waals surface area contributed by atoms with Gasteiger partial charge in [-0.25, -0.2) is 4.99 Å². The third kappa shape index (κ3) is 3.32. The summed E-state index contributed by atoms with van der Waals surface area (Å²) in [5.41, 5.74) is 1.32. The van der Waals surface area contributed by atoms with E-state index in [0.717, 1.165) is 25.3 Å². The predicted octanol–water partition coefficient (Wildman–Crippen LogP) is 3.64. The van der Waals surface area contributed by atoms with E-state index < -0.39 is 0 Å². The second-order valence-corrected chi connectivity index (χ2v) is 6.92. The average molecular weight is 421 g/mol. The van der Waals surface area contributed by atoms with Gasteiger partial charge in [0.05, 0.1) is 17.8 Å². The fraction of sp³-hybridized carbons (Fsp3) is 0.231. The van der Waals surface area contributed by atoms with E-state index in [-0.39, 0.29) is 5.12 Å². The molecule has 1 aliphatic rings. The molecule has 0 unspecified atom stereocenters. The zero-order valence-electron chi connectivity index (χ0n) is 11.1. The molecule has 2 rings (SSSR count). The van der Waals surface area contributed by atoms with Gasteiger partial charge in [0.25, 0.3) is 0 Å². The van der Waals surface area contributed by atoms with Crippen LogP contribution in [0.5, 0.6) is 11.5 Å². The maximum atomic E-state index is 11.8. The van der Waals surface area contributed by atoms with Gasteiger partial charge in [0, 0.05) is 0 Å². The van der Waals surface area contributed by atoms with Crippen molar-refractivity contribution in [2.24, 2.45) is 4.99 Å². The van der Waals surface area contributed by atoms with E-state index in [9.17, 15) is 4.79 Å². The Bertz CT molecular complexity index is 614. The SMILES string of the molecule is COc1cc(/C=C2\N=C(SC)SC2=O)cc(I)c1OC. The maximum Gasteiger partial charge on any atom is 0.244 e. The molecule has 20 heavy (non-hydrogen) atoms. The Labute approximate surface area is 139 Å². The minimum Gasteiger partial charge on any atom is -0.493 e. The number of hydrogen-bond acceptors (Lipinski definition) is 6. The molecule has 0 saturated carbocycles. The lowest BCUT2D eigenvalue weighted by molar-refractivity contribution is -0.107. The van der Waals surface area contributed by atoms with Gasteiger partial charge in [-0.05, 0) is 64.4 Å². The lowest BCUT2D eigenvalue weighted by Crippen LogP contribution is -1.95. The van der Waals surface area contributed by atoms with Crippen molar-refractivity contribution in [3.63, 3.8) is 0 Å². The number of thioether (sulfide) groups is 2. The molecule has 0 saturated heterocycles. The number of nitrogens with zero attached hydrogens (tertiary/aromatic N) is 1. The molecule has 106 valence electrons. The fourth-order valence-electron chi connectivity index (χ4n) is 1.66. The summed E-state index contributed by atoms with van der Waals surface area (Å²) < 4.78 is 12.3. The van der Waals surface area contributed by atoms with Crippen LogP contribution in [0.3, 0.4) is 0 Å². The highest BCUT2D eigenvalue weighted by atomic mass is 127. The Morgan fingerprint density at radius 2 is 2.10 bits per heavy atom. The first kappa shape index (κ1) is 15.7. The van der Waals surface area contributed by atoms with Crippen LogP contribution in [0.2, 0.25) is 0 Å². The summed E-state index contributed by atoms with van der Waals surface area (Å²) in [5.74, 6) is 1.33. The van der Waals surface area contributed by atoms with E-state index >= 15 is 0 Å². The third-order valence-corrected chi connectivity index (χ3v) is 5.19. The van der Waals surface area contributed by atoms with Crippen molar-refractivity contribution in [2.75, 3.05) is 20.5 Å². The molecule has 0 amide bonds. The molecule has 0 radical (unpaired) electrons. The van der Waals surface area contributed by atoms with E-state index in [1.807, 2.05) is 18.4 Å². The fourth-order valence-corrected chi connectivity index (χ4v) is 3.76. The first-order valence-corrected chi connectivity index (χ1v) is 8.69. The summed E-state index contributed by atoms with van der Waals surface area (Å²) in [6, 6.07) is 3.76. The number of rotatable bonds is 3. The topological polar surface area (TPSA) is 47.9 Å². The van der Waals surface area contributed by atoms with E-state index in [4.69, 9.17) is 9.47 Å². The van der Waals surface area contributed by atoms with Gasteiger partial charge in [-0.15, -0.1) is 11.8 Å². The van der Waals surface area contributed by atoms with Crippen molar-refractivity contribution in [1.82, 2.24) is 0 Å². The van der Waals surface area contributed by atoms with Crippen LogP contribution >= 0.6 is 46.1 Å². The first-order valence-electron chi connectivity index (χ1n) is 5.57. The molecule has 0 spiro atoms. The molecule has 0 atom stereocenters. The normalized spacial score (nSPS) is 16.5. The van der Waals surface area contributed by atoms with Gasteiger partial charge < -0.3 is 9.47 Å². The van der Waals surface area contributed by atoms with Gasteiger partial charge >= 0.3 is 0 Å². The van der Waals surface area contributed by atoms with E-state index in [2.05, 4.69) is 27.6 Å². The van der Waals surface area contributed by atoms with Gasteiger partial charge in [0.15, 0.2) is 11.5 Å². The van der Waals surface area contributed by atoms with Crippen LogP contribution < -0.4 is 9.47 Å². The van der Waals surface area contributed by atoms with E-state index in [1.54, 1.807) is 20.3 Å². The smallest absolute Gasteiger partial charge is 0.244 e. The summed E-state index contributed by atoms with van der Waals surface area (Å²) in [5, 5.41) is -0.0286. The van der Waals surface area contributed by atoms with Crippen LogP contribution in [-0.4, -0.2) is 30.0 Å². The molecule has 1 aromatic rings. The van der Waals surface area contributed by atoms with Crippen molar-refractivity contribution in [2.45, 2.75) is 0 Å². The first-order chi connectivity index (χ1) is 9.58. The summed E-state index contributed by atoms with van der Waals surface area (Å²) in [6.07, 6.45) is 3.67. The van der Waals surface area contributed by atoms with Crippen LogP contribution in [0.4, 0.5) is 0 Å². The van der Waals surface area contributed by atoms with Gasteiger partial charge in [-0.3, -0.25) is 4.79 Å². The Hall–Kier alpha value is -0.670. The zero-order valence-corrected chi connectivity index (χ0v) is 14.9. The number of benzene rings is 1. The summed E-state index contributed by atoms with van der Waals surface area (Å²) >= 11 is 4.81. The molecule has 0 fully saturated rings. The van der Waals surface area contributed by atoms with Crippen molar-refractivity contribution < 1.29 is 14.3 Å². The second-order valence-electron chi connectivity index (χ2n) is 3.74. The maximum absolute atomic E-state index is 11.8. The van der Waals surface area contributed by atoms with Crippen LogP contribution in [-0.2, 0) is 4.79 Å². The molecule has 1 aliphatic heterocycles. The average Bonchev–Trinajstić information content (AvgIpc) is 2.78. The number of hydrogen-bond donors (Lipinski definition) is 0. The van der Waals surface area contributed by atoms with Crippen molar-refractivity contribution in [1.29, 1.82) is 0 Å². The molecule has 1 aromatic carbocycles. The quantitative estimate of drug-likeness (QED) is 0.551. The highest BCUT2D eigenvalue weighted by Crippen LogP contribution is 2.35. The minimum absolute atomic E-state index is 0.0286. The standard InChI is InChI=1S/C13H12INO3S2/c1-17-10-6-7(4-8(14)11(10)18-2)5-9-12(16)20-13(15-9)19-3/h4-6H,1-3H3/b9-5-. The highest BCUT2D eigenvalue weighted by Gasteiger charge is 2.21. The zero-order chi connectivity index (χ0) is 14.7. The number of carbonyl (C=O) groups excluding carboxylic acids is 1. The molecular weight excluding hydrogens is 409 g/mol. The molecule has 4 nitrogen and oxygen atoms in total. The number of methoxy groups -OCH3 is 2. The Kier molecular flexibility index (Phi) is 5.39. The van der Waals surface area contributed by atoms with Crippen molar-refractivity contribution in [3.05, 3.63) is 27.0 Å². The van der Waals surface area contributed by atoms with E-state index in [0.29, 0.717) is 17.2 Å². The van der Waals surface area contributed by atoms with Crippen LogP contribution in [0, 0.1) is 3.57 Å². The molecule has 0 bridgehead atoms. The Morgan fingerprint density at radius 1 is 1.35 bits per heavy atom. The second kappa shape index (κ2) is 6.86. The minimum atomic E-state index is -0.0286. The summed E-state index contributed by atoms with van der Waals surface area (Å²) in [6.45, 7) is 0. The van der Waals surface area contributed by atoms with Gasteiger partial charge in [-0.1, -0.05) is 0 Å². The van der Waals surface area contributed by atoms with Gasteiger partial charge in [0.2, 0.25) is 5.12 Å². The largest absolute Gasteiger partial charge is 0.493 e. The number of halogens is 1. The molecule has 0 N–H and O–H groups in total. The van der Waals surface area contributed by atoms with Crippen molar-refractivity contribution >= 4 is 61.7 Å². The lowest BCUT2D eigenvalue weighted by atomic mass is 10.1. The van der Waals surface area contributed by atoms with Crippen molar-refractivity contribution in [3.8, 4) is 11.5 Å². The number of aliphatic imine (C=N–C) groups is 1. The Morgan fingerprint density at radius 3 is 2.65 bits per heavy atom. The van der Waals surface area contributed by atoms with E-state index in [1.165, 1.54) is 11.8 Å². The third-order valence-electron chi connectivity index (χ3n) is 2.53. The number of ether oxygens (including phenoxy) is 2. The summed E-state index contributed by atoms with van der Waals surface area (Å²) in [4.78, 5) is 16.1. The summed E-state index contributed by atoms with van der Waals surface area (Å²) in [7, 11) is 3.19. The monoisotopic (exact) mass is 421 g/mol. The van der Waals surface area contributed by atoms with Gasteiger partial charge in [0.1, 0.15) is 10.1 Å². The molecule has 1 heterocycles. The van der Waals surface area contributed by atoms with Crippen LogP contribution in [0.15, 0.2) is 22.8 Å². The Balaban J connectivity index is 2.42. The van der Waals surface area contributed by atoms with Crippen LogP contribution in [0.25, 0.3) is 6.08 Å². The predicted molar refractivity (Wildman–Crippen MR) is 93.8 cm³/mol. The lowest BCUT2D eigenvalue weighted by Gasteiger charge is -2.10. The van der Waals surface area contributed by atoms with Crippen LogP contribution in [0.1, 0.15) is 5.56 Å².